The lowest BCUT2D eigenvalue weighted by Crippen LogP contribution is -2.63. The van der Waals surface area contributed by atoms with Crippen LogP contribution in [0.3, 0.4) is 0 Å². The Labute approximate surface area is 91.8 Å². The molecule has 2 rings (SSSR count). The molecular formula is C10H11NO5. The van der Waals surface area contributed by atoms with Crippen molar-refractivity contribution in [2.24, 2.45) is 5.92 Å². The number of hydrogen-bond donors (Lipinski definition) is 0. The molecule has 0 aromatic carbocycles. The summed E-state index contributed by atoms with van der Waals surface area (Å²) < 4.78 is 9.55. The second kappa shape index (κ2) is 3.07. The summed E-state index contributed by atoms with van der Waals surface area (Å²) in [6, 6.07) is 0. The standard InChI is InChI=1S/C10H11NO5/c1-5(2)10-4-15-9(14)11(10)7(12)6(3)16-8(10)13/h5H,3-4H2,1-2H3/t10-/m0/s1. The summed E-state index contributed by atoms with van der Waals surface area (Å²) in [5, 5.41) is 0. The normalized spacial score (nSPS) is 29.3. The summed E-state index contributed by atoms with van der Waals surface area (Å²) in [4.78, 5) is 35.8. The predicted octanol–water partition coefficient (Wildman–Crippen LogP) is 0.430. The van der Waals surface area contributed by atoms with Crippen LogP contribution < -0.4 is 0 Å². The van der Waals surface area contributed by atoms with Crippen molar-refractivity contribution >= 4 is 18.0 Å². The van der Waals surface area contributed by atoms with E-state index in [2.05, 4.69) is 6.58 Å². The summed E-state index contributed by atoms with van der Waals surface area (Å²) in [7, 11) is 0. The first-order valence-electron chi connectivity index (χ1n) is 4.83. The molecule has 2 heterocycles. The van der Waals surface area contributed by atoms with Gasteiger partial charge in [0.1, 0.15) is 6.61 Å². The Hall–Kier alpha value is -1.85. The zero-order chi connectivity index (χ0) is 12.1. The van der Waals surface area contributed by atoms with E-state index in [4.69, 9.17) is 9.47 Å². The summed E-state index contributed by atoms with van der Waals surface area (Å²) >= 11 is 0. The van der Waals surface area contributed by atoms with Crippen LogP contribution in [-0.4, -0.2) is 35.0 Å². The lowest BCUT2D eigenvalue weighted by Gasteiger charge is -2.38. The van der Waals surface area contributed by atoms with Gasteiger partial charge in [0, 0.05) is 0 Å². The quantitative estimate of drug-likeness (QED) is 0.478. The molecule has 2 aliphatic heterocycles. The molecule has 0 unspecified atom stereocenters. The van der Waals surface area contributed by atoms with Gasteiger partial charge >= 0.3 is 12.1 Å². The van der Waals surface area contributed by atoms with Gasteiger partial charge < -0.3 is 9.47 Å². The van der Waals surface area contributed by atoms with Gasteiger partial charge in [0.05, 0.1) is 0 Å². The van der Waals surface area contributed by atoms with E-state index in [1.807, 2.05) is 0 Å². The molecule has 0 aliphatic carbocycles. The number of carbonyl (C=O) groups excluding carboxylic acids is 3. The van der Waals surface area contributed by atoms with Crippen LogP contribution >= 0.6 is 0 Å². The van der Waals surface area contributed by atoms with E-state index in [-0.39, 0.29) is 18.3 Å². The number of imide groups is 1. The molecule has 6 nitrogen and oxygen atoms in total. The smallest absolute Gasteiger partial charge is 0.418 e. The molecule has 0 aromatic heterocycles. The molecule has 1 atom stereocenters. The first-order chi connectivity index (χ1) is 7.41. The van der Waals surface area contributed by atoms with Crippen molar-refractivity contribution in [3.8, 4) is 0 Å². The van der Waals surface area contributed by atoms with Crippen molar-refractivity contribution < 1.29 is 23.9 Å². The molecule has 6 heteroatoms. The van der Waals surface area contributed by atoms with Gasteiger partial charge in [0.15, 0.2) is 11.3 Å². The maximum atomic E-state index is 11.8. The Kier molecular flexibility index (Phi) is 2.04. The minimum Gasteiger partial charge on any atom is -0.446 e. The highest BCUT2D eigenvalue weighted by atomic mass is 16.6. The van der Waals surface area contributed by atoms with Gasteiger partial charge in [-0.15, -0.1) is 0 Å². The molecule has 2 fully saturated rings. The van der Waals surface area contributed by atoms with Gasteiger partial charge in [-0.25, -0.2) is 14.5 Å². The molecule has 2 saturated heterocycles. The van der Waals surface area contributed by atoms with E-state index < -0.39 is 23.5 Å². The maximum Gasteiger partial charge on any atom is 0.418 e. The second-order valence-electron chi connectivity index (χ2n) is 4.09. The lowest BCUT2D eigenvalue weighted by atomic mass is 9.85. The maximum absolute atomic E-state index is 11.8. The molecule has 0 radical (unpaired) electrons. The molecular weight excluding hydrogens is 214 g/mol. The Morgan fingerprint density at radius 3 is 2.56 bits per heavy atom. The number of morpholine rings is 1. The van der Waals surface area contributed by atoms with Crippen molar-refractivity contribution in [3.63, 3.8) is 0 Å². The van der Waals surface area contributed by atoms with Crippen LogP contribution in [0.5, 0.6) is 0 Å². The van der Waals surface area contributed by atoms with Gasteiger partial charge in [0.2, 0.25) is 0 Å². The van der Waals surface area contributed by atoms with E-state index >= 15 is 0 Å². The molecule has 2 aliphatic rings. The van der Waals surface area contributed by atoms with Gasteiger partial charge in [0.25, 0.3) is 5.91 Å². The first-order valence-corrected chi connectivity index (χ1v) is 4.83. The van der Waals surface area contributed by atoms with Crippen molar-refractivity contribution in [2.75, 3.05) is 6.61 Å². The van der Waals surface area contributed by atoms with Gasteiger partial charge in [-0.3, -0.25) is 4.79 Å². The number of rotatable bonds is 1. The molecule has 0 aromatic rings. The molecule has 0 N–H and O–H groups in total. The Morgan fingerprint density at radius 2 is 2.00 bits per heavy atom. The zero-order valence-corrected chi connectivity index (χ0v) is 8.98. The average molecular weight is 225 g/mol. The average Bonchev–Trinajstić information content (AvgIpc) is 2.55. The van der Waals surface area contributed by atoms with Crippen molar-refractivity contribution in [3.05, 3.63) is 12.3 Å². The van der Waals surface area contributed by atoms with Gasteiger partial charge in [-0.2, -0.15) is 0 Å². The van der Waals surface area contributed by atoms with E-state index in [0.29, 0.717) is 0 Å². The van der Waals surface area contributed by atoms with Crippen LogP contribution in [0.25, 0.3) is 0 Å². The Morgan fingerprint density at radius 1 is 1.38 bits per heavy atom. The SMILES string of the molecule is C=C1OC(=O)[C@@]2(C(C)C)COC(=O)N2C1=O. The van der Waals surface area contributed by atoms with Gasteiger partial charge in [-0.1, -0.05) is 20.4 Å². The summed E-state index contributed by atoms with van der Waals surface area (Å²) in [6.07, 6.45) is -0.823. The Balaban J connectivity index is 2.55. The fourth-order valence-corrected chi connectivity index (χ4v) is 1.91. The van der Waals surface area contributed by atoms with Crippen LogP contribution in [0.4, 0.5) is 4.79 Å². The predicted molar refractivity (Wildman–Crippen MR) is 51.0 cm³/mol. The molecule has 16 heavy (non-hydrogen) atoms. The fraction of sp³-hybridized carbons (Fsp3) is 0.500. The third-order valence-electron chi connectivity index (χ3n) is 2.96. The van der Waals surface area contributed by atoms with Gasteiger partial charge in [-0.05, 0) is 5.92 Å². The minimum atomic E-state index is -1.34. The second-order valence-corrected chi connectivity index (χ2v) is 4.09. The Bertz CT molecular complexity index is 413. The number of esters is 1. The third-order valence-corrected chi connectivity index (χ3v) is 2.96. The summed E-state index contributed by atoms with van der Waals surface area (Å²) in [5.74, 6) is -2.02. The molecule has 0 spiro atoms. The number of amides is 2. The van der Waals surface area contributed by atoms with Crippen LogP contribution in [0.2, 0.25) is 0 Å². The van der Waals surface area contributed by atoms with Crippen molar-refractivity contribution in [1.29, 1.82) is 0 Å². The zero-order valence-electron chi connectivity index (χ0n) is 8.98. The van der Waals surface area contributed by atoms with Crippen LogP contribution in [0.1, 0.15) is 13.8 Å². The monoisotopic (exact) mass is 225 g/mol. The number of fused-ring (bicyclic) bond motifs is 1. The van der Waals surface area contributed by atoms with Crippen LogP contribution in [0, 0.1) is 5.92 Å². The lowest BCUT2D eigenvalue weighted by molar-refractivity contribution is -0.167. The third kappa shape index (κ3) is 1.04. The molecule has 0 saturated carbocycles. The van der Waals surface area contributed by atoms with E-state index in [1.54, 1.807) is 13.8 Å². The minimum absolute atomic E-state index is 0.165. The highest BCUT2D eigenvalue weighted by Crippen LogP contribution is 2.37. The van der Waals surface area contributed by atoms with E-state index in [1.165, 1.54) is 0 Å². The number of nitrogens with zero attached hydrogens (tertiary/aromatic N) is 1. The van der Waals surface area contributed by atoms with E-state index in [9.17, 15) is 14.4 Å². The molecule has 86 valence electrons. The summed E-state index contributed by atoms with van der Waals surface area (Å²) in [5.41, 5.74) is -1.34. The number of cyclic esters (lactones) is 2. The topological polar surface area (TPSA) is 72.9 Å². The van der Waals surface area contributed by atoms with E-state index in [0.717, 1.165) is 4.90 Å². The fourth-order valence-electron chi connectivity index (χ4n) is 1.91. The first kappa shape index (κ1) is 10.7. The summed E-state index contributed by atoms with van der Waals surface area (Å²) in [6.45, 7) is 6.56. The molecule has 2 amide bonds. The molecule has 0 bridgehead atoms. The van der Waals surface area contributed by atoms with Crippen molar-refractivity contribution in [2.45, 2.75) is 19.4 Å². The number of ether oxygens (including phenoxy) is 2. The highest BCUT2D eigenvalue weighted by molar-refractivity contribution is 6.11. The largest absolute Gasteiger partial charge is 0.446 e. The number of hydrogen-bond acceptors (Lipinski definition) is 5. The van der Waals surface area contributed by atoms with Crippen molar-refractivity contribution in [1.82, 2.24) is 4.90 Å². The number of carbonyl (C=O) groups is 3. The van der Waals surface area contributed by atoms with Crippen LogP contribution in [0.15, 0.2) is 12.3 Å². The van der Waals surface area contributed by atoms with Crippen LogP contribution in [-0.2, 0) is 19.1 Å². The highest BCUT2D eigenvalue weighted by Gasteiger charge is 2.62.